The first-order chi connectivity index (χ1) is 13.7. The van der Waals surface area contributed by atoms with Gasteiger partial charge in [0.05, 0.1) is 16.8 Å². The molecule has 1 aliphatic rings. The largest absolute Gasteiger partial charge is 0.295 e. The lowest BCUT2D eigenvalue weighted by molar-refractivity contribution is 0.0926. The zero-order valence-electron chi connectivity index (χ0n) is 15.8. The molecule has 0 radical (unpaired) electrons. The molecule has 0 bridgehead atoms. The molecule has 4 rings (SSSR count). The highest BCUT2D eigenvalue weighted by atomic mass is 16.2. The van der Waals surface area contributed by atoms with Gasteiger partial charge in [-0.15, -0.1) is 0 Å². The van der Waals surface area contributed by atoms with Crippen LogP contribution in [-0.4, -0.2) is 23.3 Å². The molecule has 0 fully saturated rings. The molecule has 0 atom stereocenters. The summed E-state index contributed by atoms with van der Waals surface area (Å²) in [6.07, 6.45) is 0. The first kappa shape index (κ1) is 18.1. The molecule has 0 saturated carbocycles. The molecular formula is C24H22N2O2. The van der Waals surface area contributed by atoms with E-state index in [1.807, 2.05) is 42.5 Å². The first-order valence-electron chi connectivity index (χ1n) is 9.50. The highest BCUT2D eigenvalue weighted by molar-refractivity contribution is 6.34. The molecule has 4 heteroatoms. The summed E-state index contributed by atoms with van der Waals surface area (Å²) in [5.41, 5.74) is 3.90. The lowest BCUT2D eigenvalue weighted by atomic mass is 10.1. The Labute approximate surface area is 165 Å². The van der Waals surface area contributed by atoms with Crippen LogP contribution in [0.15, 0.2) is 78.9 Å². The lowest BCUT2D eigenvalue weighted by Crippen LogP contribution is -2.29. The Morgan fingerprint density at radius 3 is 1.93 bits per heavy atom. The van der Waals surface area contributed by atoms with Crippen molar-refractivity contribution in [3.05, 3.63) is 101 Å². The summed E-state index contributed by atoms with van der Waals surface area (Å²) in [5.74, 6) is -0.510. The molecule has 0 saturated heterocycles. The summed E-state index contributed by atoms with van der Waals surface area (Å²) in [4.78, 5) is 29.1. The van der Waals surface area contributed by atoms with Crippen LogP contribution in [0.3, 0.4) is 0 Å². The number of imide groups is 1. The standard InChI is InChI=1S/C24H22N2O2/c1-2-25(16-18-9-4-3-5-10-18)17-19-11-8-12-20(15-19)26-23(27)21-13-6-7-14-22(21)24(26)28/h3-15H,2,16-17H2,1H3. The second-order valence-corrected chi connectivity index (χ2v) is 6.95. The van der Waals surface area contributed by atoms with Crippen molar-refractivity contribution in [3.63, 3.8) is 0 Å². The van der Waals surface area contributed by atoms with E-state index in [2.05, 4.69) is 24.0 Å². The van der Waals surface area contributed by atoms with Gasteiger partial charge in [-0.05, 0) is 41.9 Å². The van der Waals surface area contributed by atoms with Gasteiger partial charge in [-0.2, -0.15) is 0 Å². The van der Waals surface area contributed by atoms with Gasteiger partial charge in [-0.1, -0.05) is 61.5 Å². The second kappa shape index (κ2) is 7.79. The van der Waals surface area contributed by atoms with Crippen LogP contribution in [0, 0.1) is 0 Å². The molecule has 0 spiro atoms. The minimum atomic E-state index is -0.255. The Morgan fingerprint density at radius 2 is 1.29 bits per heavy atom. The molecule has 3 aromatic rings. The van der Waals surface area contributed by atoms with Gasteiger partial charge in [0.25, 0.3) is 11.8 Å². The Hall–Kier alpha value is -3.24. The van der Waals surface area contributed by atoms with Crippen LogP contribution in [-0.2, 0) is 13.1 Å². The molecule has 0 N–H and O–H groups in total. The fourth-order valence-corrected chi connectivity index (χ4v) is 3.60. The molecule has 1 aliphatic heterocycles. The van der Waals surface area contributed by atoms with Crippen molar-refractivity contribution < 1.29 is 9.59 Å². The highest BCUT2D eigenvalue weighted by Crippen LogP contribution is 2.29. The Kier molecular flexibility index (Phi) is 5.04. The van der Waals surface area contributed by atoms with Gasteiger partial charge >= 0.3 is 0 Å². The quantitative estimate of drug-likeness (QED) is 0.600. The Morgan fingerprint density at radius 1 is 0.714 bits per heavy atom. The van der Waals surface area contributed by atoms with Crippen LogP contribution in [0.4, 0.5) is 5.69 Å². The minimum Gasteiger partial charge on any atom is -0.295 e. The van der Waals surface area contributed by atoms with E-state index >= 15 is 0 Å². The summed E-state index contributed by atoms with van der Waals surface area (Å²) in [6.45, 7) is 4.65. The average molecular weight is 370 g/mol. The number of anilines is 1. The van der Waals surface area contributed by atoms with E-state index in [4.69, 9.17) is 0 Å². The third kappa shape index (κ3) is 3.47. The van der Waals surface area contributed by atoms with E-state index in [-0.39, 0.29) is 11.8 Å². The number of fused-ring (bicyclic) bond motifs is 1. The van der Waals surface area contributed by atoms with Gasteiger partial charge in [0.15, 0.2) is 0 Å². The number of nitrogens with zero attached hydrogens (tertiary/aromatic N) is 2. The topological polar surface area (TPSA) is 40.6 Å². The molecule has 4 nitrogen and oxygen atoms in total. The van der Waals surface area contributed by atoms with Crippen molar-refractivity contribution >= 4 is 17.5 Å². The third-order valence-corrected chi connectivity index (χ3v) is 5.07. The van der Waals surface area contributed by atoms with Crippen LogP contribution in [0.1, 0.15) is 38.8 Å². The van der Waals surface area contributed by atoms with Crippen molar-refractivity contribution in [2.45, 2.75) is 20.0 Å². The predicted octanol–water partition coefficient (Wildman–Crippen LogP) is 4.51. The lowest BCUT2D eigenvalue weighted by Gasteiger charge is -2.22. The summed E-state index contributed by atoms with van der Waals surface area (Å²) < 4.78 is 0. The molecule has 28 heavy (non-hydrogen) atoms. The maximum Gasteiger partial charge on any atom is 0.266 e. The monoisotopic (exact) mass is 370 g/mol. The van der Waals surface area contributed by atoms with Gasteiger partial charge in [0.1, 0.15) is 0 Å². The predicted molar refractivity (Wildman–Crippen MR) is 110 cm³/mol. The fourth-order valence-electron chi connectivity index (χ4n) is 3.60. The van der Waals surface area contributed by atoms with E-state index in [0.29, 0.717) is 16.8 Å². The summed E-state index contributed by atoms with van der Waals surface area (Å²) >= 11 is 0. The number of hydrogen-bond acceptors (Lipinski definition) is 3. The number of amides is 2. The van der Waals surface area contributed by atoms with Gasteiger partial charge < -0.3 is 0 Å². The van der Waals surface area contributed by atoms with Crippen LogP contribution in [0.2, 0.25) is 0 Å². The van der Waals surface area contributed by atoms with Crippen LogP contribution < -0.4 is 4.90 Å². The SMILES string of the molecule is CCN(Cc1ccccc1)Cc1cccc(N2C(=O)c3ccccc3C2=O)c1. The normalized spacial score (nSPS) is 13.3. The molecule has 140 valence electrons. The van der Waals surface area contributed by atoms with Crippen molar-refractivity contribution in [1.29, 1.82) is 0 Å². The van der Waals surface area contributed by atoms with Gasteiger partial charge in [0, 0.05) is 13.1 Å². The molecule has 1 heterocycles. The minimum absolute atomic E-state index is 0.255. The number of rotatable bonds is 6. The molecule has 3 aromatic carbocycles. The van der Waals surface area contributed by atoms with Crippen molar-refractivity contribution in [1.82, 2.24) is 4.90 Å². The van der Waals surface area contributed by atoms with Crippen molar-refractivity contribution in [3.8, 4) is 0 Å². The zero-order valence-corrected chi connectivity index (χ0v) is 15.8. The molecular weight excluding hydrogens is 348 g/mol. The molecule has 0 aliphatic carbocycles. The maximum atomic E-state index is 12.7. The molecule has 0 aromatic heterocycles. The zero-order chi connectivity index (χ0) is 19.5. The van der Waals surface area contributed by atoms with Crippen molar-refractivity contribution in [2.24, 2.45) is 0 Å². The van der Waals surface area contributed by atoms with E-state index in [1.165, 1.54) is 10.5 Å². The Bertz CT molecular complexity index is 979. The van der Waals surface area contributed by atoms with Crippen molar-refractivity contribution in [2.75, 3.05) is 11.4 Å². The highest BCUT2D eigenvalue weighted by Gasteiger charge is 2.36. The van der Waals surface area contributed by atoms with E-state index in [0.717, 1.165) is 25.2 Å². The second-order valence-electron chi connectivity index (χ2n) is 6.95. The smallest absolute Gasteiger partial charge is 0.266 e. The number of benzene rings is 3. The van der Waals surface area contributed by atoms with E-state index in [9.17, 15) is 9.59 Å². The number of carbonyl (C=O) groups excluding carboxylic acids is 2. The maximum absolute atomic E-state index is 12.7. The first-order valence-corrected chi connectivity index (χ1v) is 9.50. The molecule has 2 amide bonds. The van der Waals surface area contributed by atoms with E-state index in [1.54, 1.807) is 24.3 Å². The van der Waals surface area contributed by atoms with Crippen LogP contribution >= 0.6 is 0 Å². The summed E-state index contributed by atoms with van der Waals surface area (Å²) in [7, 11) is 0. The van der Waals surface area contributed by atoms with Crippen LogP contribution in [0.25, 0.3) is 0 Å². The summed E-state index contributed by atoms with van der Waals surface area (Å²) in [5, 5.41) is 0. The van der Waals surface area contributed by atoms with Crippen LogP contribution in [0.5, 0.6) is 0 Å². The average Bonchev–Trinajstić information content (AvgIpc) is 2.99. The Balaban J connectivity index is 1.55. The van der Waals surface area contributed by atoms with E-state index < -0.39 is 0 Å². The third-order valence-electron chi connectivity index (χ3n) is 5.07. The number of hydrogen-bond donors (Lipinski definition) is 0. The number of carbonyl (C=O) groups is 2. The molecule has 0 unspecified atom stereocenters. The fraction of sp³-hybridized carbons (Fsp3) is 0.167. The van der Waals surface area contributed by atoms with Gasteiger partial charge in [-0.25, -0.2) is 4.90 Å². The van der Waals surface area contributed by atoms with Gasteiger partial charge in [0.2, 0.25) is 0 Å². The summed E-state index contributed by atoms with van der Waals surface area (Å²) in [6, 6.07) is 25.0. The van der Waals surface area contributed by atoms with Gasteiger partial charge in [-0.3, -0.25) is 14.5 Å².